The molecule has 8 unspecified atom stereocenters. The molecule has 0 aromatic heterocycles. The molecule has 0 saturated heterocycles. The molecule has 4 rings (SSSR count). The second kappa shape index (κ2) is 13.0. The minimum absolute atomic E-state index is 0.131. The number of rotatable bonds is 12. The Balaban J connectivity index is 1.63. The average molecular weight is 590 g/mol. The third kappa shape index (κ3) is 6.60. The molecule has 0 aromatic carbocycles. The van der Waals surface area contributed by atoms with Gasteiger partial charge in [0.25, 0.3) is 0 Å². The van der Waals surface area contributed by atoms with E-state index in [0.717, 1.165) is 37.8 Å². The van der Waals surface area contributed by atoms with Crippen molar-refractivity contribution in [2.24, 2.45) is 56.7 Å². The van der Waals surface area contributed by atoms with Gasteiger partial charge in [-0.2, -0.15) is 0 Å². The Hall–Kier alpha value is -1.08. The summed E-state index contributed by atoms with van der Waals surface area (Å²) in [6.07, 6.45) is 22.4. The predicted molar refractivity (Wildman–Crippen MR) is 190 cm³/mol. The van der Waals surface area contributed by atoms with Crippen LogP contribution in [0.3, 0.4) is 0 Å². The molecule has 4 saturated carbocycles. The lowest BCUT2D eigenvalue weighted by atomic mass is 9.36. The zero-order valence-corrected chi connectivity index (χ0v) is 30.3. The number of hydrogen-bond donors (Lipinski definition) is 1. The Morgan fingerprint density at radius 3 is 2.35 bits per heavy atom. The molecule has 0 radical (unpaired) electrons. The van der Waals surface area contributed by atoms with Gasteiger partial charge >= 0.3 is 0 Å². The van der Waals surface area contributed by atoms with Gasteiger partial charge in [0.15, 0.2) is 0 Å². The molecule has 8 atom stereocenters. The molecule has 4 fully saturated rings. The molecule has 43 heavy (non-hydrogen) atoms. The van der Waals surface area contributed by atoms with Crippen molar-refractivity contribution >= 4 is 0 Å². The molecule has 0 heterocycles. The molecule has 0 spiro atoms. The molecule has 1 N–H and O–H groups in total. The molecular weight excluding hydrogens is 518 g/mol. The summed E-state index contributed by atoms with van der Waals surface area (Å²) in [5, 5.41) is 3.66. The van der Waals surface area contributed by atoms with Crippen LogP contribution >= 0.6 is 0 Å². The van der Waals surface area contributed by atoms with Gasteiger partial charge in [-0.3, -0.25) is 0 Å². The zero-order chi connectivity index (χ0) is 31.8. The summed E-state index contributed by atoms with van der Waals surface area (Å²) >= 11 is 0. The molecule has 0 aliphatic heterocycles. The van der Waals surface area contributed by atoms with Gasteiger partial charge in [-0.05, 0) is 147 Å². The maximum Gasteiger partial charge on any atom is 0.0161 e. The first-order chi connectivity index (χ1) is 20.1. The number of fused-ring (bicyclic) bond motifs is 5. The van der Waals surface area contributed by atoms with Crippen molar-refractivity contribution in [3.8, 4) is 0 Å². The van der Waals surface area contributed by atoms with Crippen LogP contribution in [0.1, 0.15) is 146 Å². The highest BCUT2D eigenvalue weighted by Crippen LogP contribution is 2.73. The van der Waals surface area contributed by atoms with E-state index in [4.69, 9.17) is 6.58 Å². The van der Waals surface area contributed by atoms with Gasteiger partial charge in [0.2, 0.25) is 0 Å². The molecule has 1 nitrogen and oxygen atoms in total. The molecule has 4 aliphatic carbocycles. The van der Waals surface area contributed by atoms with Crippen LogP contribution in [-0.2, 0) is 0 Å². The van der Waals surface area contributed by atoms with E-state index in [-0.39, 0.29) is 10.8 Å². The van der Waals surface area contributed by atoms with Crippen molar-refractivity contribution < 1.29 is 0 Å². The average Bonchev–Trinajstić information content (AvgIpc) is 2.95. The Bertz CT molecular complexity index is 1060. The molecule has 4 aliphatic rings. The van der Waals surface area contributed by atoms with Crippen LogP contribution in [0.5, 0.6) is 0 Å². The lowest BCUT2D eigenvalue weighted by Crippen LogP contribution is -2.61. The summed E-state index contributed by atoms with van der Waals surface area (Å²) in [5.74, 6) is 3.61. The fraction of sp³-hybridized carbons (Fsp3) is 0.810. The highest BCUT2D eigenvalue weighted by molar-refractivity contribution is 5.27. The summed E-state index contributed by atoms with van der Waals surface area (Å²) in [7, 11) is 0. The third-order valence-electron chi connectivity index (χ3n) is 14.4. The zero-order valence-electron chi connectivity index (χ0n) is 30.3. The van der Waals surface area contributed by atoms with E-state index in [2.05, 4.69) is 92.9 Å². The van der Waals surface area contributed by atoms with E-state index >= 15 is 0 Å². The van der Waals surface area contributed by atoms with Gasteiger partial charge in [0, 0.05) is 6.54 Å². The monoisotopic (exact) mass is 590 g/mol. The van der Waals surface area contributed by atoms with Crippen molar-refractivity contribution in [3.63, 3.8) is 0 Å². The van der Waals surface area contributed by atoms with Crippen LogP contribution in [0.2, 0.25) is 0 Å². The van der Waals surface area contributed by atoms with Crippen LogP contribution < -0.4 is 5.32 Å². The SMILES string of the molecule is C=CC(C)(C)C1CCC2(C)C3CCC4(CCCCNCC(=C)CC)CCC(C)(C)CC4C3C(=C)CC2C1(C)/C=C(\C)CC. The highest BCUT2D eigenvalue weighted by atomic mass is 14.8. The molecule has 0 amide bonds. The Labute approximate surface area is 268 Å². The van der Waals surface area contributed by atoms with Gasteiger partial charge in [-0.15, -0.1) is 6.58 Å². The minimum atomic E-state index is 0.131. The van der Waals surface area contributed by atoms with Crippen molar-refractivity contribution in [2.45, 2.75) is 146 Å². The first-order valence-corrected chi connectivity index (χ1v) is 18.5. The van der Waals surface area contributed by atoms with Crippen LogP contribution in [0.4, 0.5) is 0 Å². The number of allylic oxidation sites excluding steroid dienone is 4. The molecule has 0 aromatic rings. The maximum atomic E-state index is 5.05. The van der Waals surface area contributed by atoms with Crippen LogP contribution in [0, 0.1) is 56.7 Å². The Morgan fingerprint density at radius 1 is 0.977 bits per heavy atom. The maximum absolute atomic E-state index is 5.05. The van der Waals surface area contributed by atoms with Crippen molar-refractivity contribution in [1.29, 1.82) is 0 Å². The lowest BCUT2D eigenvalue weighted by Gasteiger charge is -2.69. The summed E-state index contributed by atoms with van der Waals surface area (Å²) in [5.41, 5.74) is 6.20. The summed E-state index contributed by atoms with van der Waals surface area (Å²) in [4.78, 5) is 0. The topological polar surface area (TPSA) is 12.0 Å². The Morgan fingerprint density at radius 2 is 1.70 bits per heavy atom. The van der Waals surface area contributed by atoms with Gasteiger partial charge < -0.3 is 5.32 Å². The minimum Gasteiger partial charge on any atom is -0.313 e. The summed E-state index contributed by atoms with van der Waals surface area (Å²) < 4.78 is 0. The second-order valence-electron chi connectivity index (χ2n) is 18.0. The quantitative estimate of drug-likeness (QED) is 0.176. The van der Waals surface area contributed by atoms with E-state index in [1.54, 1.807) is 11.1 Å². The van der Waals surface area contributed by atoms with E-state index in [9.17, 15) is 0 Å². The van der Waals surface area contributed by atoms with Crippen molar-refractivity contribution in [1.82, 2.24) is 5.32 Å². The molecular formula is C42H71N. The van der Waals surface area contributed by atoms with Crippen molar-refractivity contribution in [3.05, 3.63) is 48.6 Å². The van der Waals surface area contributed by atoms with Crippen LogP contribution in [0.25, 0.3) is 0 Å². The molecule has 244 valence electrons. The van der Waals surface area contributed by atoms with Crippen molar-refractivity contribution in [2.75, 3.05) is 13.1 Å². The fourth-order valence-corrected chi connectivity index (χ4v) is 11.6. The first-order valence-electron chi connectivity index (χ1n) is 18.5. The normalized spacial score (nSPS) is 39.4. The predicted octanol–water partition coefficient (Wildman–Crippen LogP) is 12.1. The lowest BCUT2D eigenvalue weighted by molar-refractivity contribution is -0.163. The van der Waals surface area contributed by atoms with Gasteiger partial charge in [-0.1, -0.05) is 104 Å². The summed E-state index contributed by atoms with van der Waals surface area (Å²) in [6, 6.07) is 0. The van der Waals surface area contributed by atoms with E-state index < -0.39 is 0 Å². The first kappa shape index (κ1) is 34.8. The van der Waals surface area contributed by atoms with Gasteiger partial charge in [0.1, 0.15) is 0 Å². The largest absolute Gasteiger partial charge is 0.313 e. The smallest absolute Gasteiger partial charge is 0.0161 e. The number of unbranched alkanes of at least 4 members (excludes halogenated alkanes) is 1. The highest BCUT2D eigenvalue weighted by Gasteiger charge is 2.65. The Kier molecular flexibility index (Phi) is 10.5. The standard InChI is InChI=1S/C42H71N/c1-13-30(4)27-41(12)35(39(9,10)15-3)19-21-40(11)33-18-22-42(20-16-17-25-43-29-31(5)14-2)24-23-38(7,8)28-34(42)37(33)32(6)26-36(40)41/h15,27,33-37,43H,3,5-6,13-14,16-26,28-29H2,1-2,4,7-12H3/b30-27+. The van der Waals surface area contributed by atoms with E-state index in [1.165, 1.54) is 76.2 Å². The second-order valence-corrected chi connectivity index (χ2v) is 18.0. The number of nitrogens with one attached hydrogen (secondary N) is 1. The van der Waals surface area contributed by atoms with Gasteiger partial charge in [-0.25, -0.2) is 0 Å². The third-order valence-corrected chi connectivity index (χ3v) is 14.4. The van der Waals surface area contributed by atoms with E-state index in [0.29, 0.717) is 34.0 Å². The van der Waals surface area contributed by atoms with Gasteiger partial charge in [0.05, 0.1) is 0 Å². The fourth-order valence-electron chi connectivity index (χ4n) is 11.6. The summed E-state index contributed by atoms with van der Waals surface area (Å²) in [6.45, 7) is 38.1. The number of hydrogen-bond acceptors (Lipinski definition) is 1. The van der Waals surface area contributed by atoms with Crippen LogP contribution in [0.15, 0.2) is 48.6 Å². The van der Waals surface area contributed by atoms with Crippen LogP contribution in [-0.4, -0.2) is 13.1 Å². The molecule has 1 heteroatoms. The van der Waals surface area contributed by atoms with E-state index in [1.807, 2.05) is 0 Å². The molecule has 0 bridgehead atoms.